The second-order valence-electron chi connectivity index (χ2n) is 19.1. The van der Waals surface area contributed by atoms with E-state index in [1.54, 1.807) is 30.7 Å². The van der Waals surface area contributed by atoms with Crippen molar-refractivity contribution >= 4 is 96.7 Å². The van der Waals surface area contributed by atoms with Crippen LogP contribution < -0.4 is 31.5 Å². The van der Waals surface area contributed by atoms with E-state index in [1.807, 2.05) is 81.3 Å². The maximum Gasteiger partial charge on any atom is 0.166 e. The summed E-state index contributed by atoms with van der Waals surface area (Å²) in [6, 6.07) is 27.4. The van der Waals surface area contributed by atoms with E-state index < -0.39 is 0 Å². The fourth-order valence-electron chi connectivity index (χ4n) is 9.80. The molecular formula is C58H63Cl3N12O2. The van der Waals surface area contributed by atoms with Crippen molar-refractivity contribution in [1.82, 2.24) is 35.2 Å². The van der Waals surface area contributed by atoms with Crippen LogP contribution in [0.25, 0.3) is 21.5 Å². The van der Waals surface area contributed by atoms with E-state index in [9.17, 15) is 9.59 Å². The van der Waals surface area contributed by atoms with E-state index in [2.05, 4.69) is 80.3 Å². The van der Waals surface area contributed by atoms with Crippen LogP contribution in [0.2, 0.25) is 15.2 Å². The number of ketones is 2. The SMILES string of the molecule is CN(CC1CCN(c2ccncc2)CC1)c1ncc(Cl)cc1C(=O)CCc1ccc2c(N)nccc2c1.CNCC1CCN(c2ccncc2)CC1.Nc1nccc2cc(CCC(=O)c3cc(Cl)cnc3Cl)ccc12. The van der Waals surface area contributed by atoms with E-state index in [4.69, 9.17) is 46.3 Å². The number of nitrogen functional groups attached to an aromatic ring is 2. The third-order valence-electron chi connectivity index (χ3n) is 13.9. The normalized spacial score (nSPS) is 13.9. The van der Waals surface area contributed by atoms with Gasteiger partial charge in [0.25, 0.3) is 0 Å². The molecule has 388 valence electrons. The lowest BCUT2D eigenvalue weighted by atomic mass is 9.95. The molecule has 0 radical (unpaired) electrons. The van der Waals surface area contributed by atoms with Crippen molar-refractivity contribution in [3.63, 3.8) is 0 Å². The number of nitrogens with two attached hydrogens (primary N) is 2. The lowest BCUT2D eigenvalue weighted by Crippen LogP contribution is -2.38. The second-order valence-corrected chi connectivity index (χ2v) is 20.3. The summed E-state index contributed by atoms with van der Waals surface area (Å²) in [7, 11) is 4.05. The molecule has 0 bridgehead atoms. The predicted octanol–water partition coefficient (Wildman–Crippen LogP) is 11.3. The second kappa shape index (κ2) is 26.5. The number of carbonyl (C=O) groups excluding carboxylic acids is 2. The maximum atomic E-state index is 13.3. The monoisotopic (exact) mass is 1060 g/mol. The van der Waals surface area contributed by atoms with Gasteiger partial charge in [-0.2, -0.15) is 0 Å². The zero-order chi connectivity index (χ0) is 52.7. The Balaban J connectivity index is 0.000000166. The molecule has 8 aromatic rings. The molecule has 75 heavy (non-hydrogen) atoms. The molecule has 2 saturated heterocycles. The van der Waals surface area contributed by atoms with Crippen molar-refractivity contribution in [2.24, 2.45) is 11.8 Å². The van der Waals surface area contributed by atoms with Gasteiger partial charge in [-0.05, 0) is 134 Å². The Morgan fingerprint density at radius 3 is 1.57 bits per heavy atom. The summed E-state index contributed by atoms with van der Waals surface area (Å²) in [5.74, 6) is 3.06. The van der Waals surface area contributed by atoms with Crippen molar-refractivity contribution in [1.29, 1.82) is 0 Å². The van der Waals surface area contributed by atoms with Crippen LogP contribution in [0.4, 0.5) is 28.8 Å². The number of rotatable bonds is 15. The lowest BCUT2D eigenvalue weighted by molar-refractivity contribution is 0.0975. The van der Waals surface area contributed by atoms with E-state index >= 15 is 0 Å². The third-order valence-corrected chi connectivity index (χ3v) is 14.6. The third kappa shape index (κ3) is 14.9. The first-order valence-corrected chi connectivity index (χ1v) is 26.5. The van der Waals surface area contributed by atoms with Crippen molar-refractivity contribution in [2.75, 3.05) is 79.5 Å². The number of pyridine rings is 6. The van der Waals surface area contributed by atoms with Gasteiger partial charge in [0, 0.05) is 124 Å². The number of hydrogen-bond acceptors (Lipinski definition) is 14. The highest BCUT2D eigenvalue weighted by molar-refractivity contribution is 6.34. The molecule has 0 aliphatic carbocycles. The fraction of sp³-hybridized carbons (Fsp3) is 0.310. The number of nitrogens with one attached hydrogen (secondary N) is 1. The minimum atomic E-state index is -0.0839. The quantitative estimate of drug-likeness (QED) is 0.0650. The van der Waals surface area contributed by atoms with Crippen LogP contribution in [-0.4, -0.2) is 94.8 Å². The Morgan fingerprint density at radius 1 is 0.600 bits per heavy atom. The van der Waals surface area contributed by atoms with Crippen LogP contribution in [-0.2, 0) is 12.8 Å². The fourth-order valence-corrected chi connectivity index (χ4v) is 10.3. The zero-order valence-corrected chi connectivity index (χ0v) is 44.7. The van der Waals surface area contributed by atoms with Gasteiger partial charge in [-0.3, -0.25) is 19.6 Å². The van der Waals surface area contributed by atoms with Crippen molar-refractivity contribution < 1.29 is 9.59 Å². The molecule has 2 aliphatic heterocycles. The van der Waals surface area contributed by atoms with Crippen LogP contribution in [0.15, 0.2) is 135 Å². The van der Waals surface area contributed by atoms with Crippen LogP contribution >= 0.6 is 34.8 Å². The number of piperidine rings is 2. The van der Waals surface area contributed by atoms with Crippen LogP contribution in [0.1, 0.15) is 70.4 Å². The number of carbonyl (C=O) groups is 2. The molecule has 2 fully saturated rings. The van der Waals surface area contributed by atoms with Gasteiger partial charge in [0.05, 0.1) is 21.2 Å². The van der Waals surface area contributed by atoms with E-state index in [-0.39, 0.29) is 16.7 Å². The molecule has 0 unspecified atom stereocenters. The number of Topliss-reactive ketones (excluding diaryl/α,β-unsaturated/α-hetero) is 2. The Labute approximate surface area is 453 Å². The molecule has 5 N–H and O–H groups in total. The van der Waals surface area contributed by atoms with Gasteiger partial charge in [0.2, 0.25) is 0 Å². The van der Waals surface area contributed by atoms with Crippen molar-refractivity contribution in [3.8, 4) is 0 Å². The highest BCUT2D eigenvalue weighted by Gasteiger charge is 2.24. The molecule has 2 aromatic carbocycles. The molecule has 14 nitrogen and oxygen atoms in total. The largest absolute Gasteiger partial charge is 0.383 e. The number of benzene rings is 2. The lowest BCUT2D eigenvalue weighted by Gasteiger charge is -2.35. The zero-order valence-electron chi connectivity index (χ0n) is 42.4. The number of hydrogen-bond donors (Lipinski definition) is 3. The van der Waals surface area contributed by atoms with Gasteiger partial charge in [0.1, 0.15) is 22.6 Å². The highest BCUT2D eigenvalue weighted by atomic mass is 35.5. The summed E-state index contributed by atoms with van der Waals surface area (Å²) >= 11 is 18.1. The standard InChI is InChI=1S/C29H31ClN6O.C17H13Cl2N3O.C12H19N3/c1-35(19-21-9-14-36(15-10-21)24-7-11-32-12-8-24)29-26(17-23(30)18-34-29)27(37)5-3-20-2-4-25-22(16-20)6-13-33-28(25)31;18-12-8-14(16(19)22-9-12)15(23)4-2-10-1-3-13-11(7-10)5-6-21-17(13)20;1-13-10-11-4-8-15(9-5-11)12-2-6-14-7-3-12/h2,4,6-8,11-13,16-18,21H,3,5,9-10,14-15,19H2,1H3,(H2,31,33);1,3,5-9H,2,4H2,(H2,20,21);2-3,6-7,11,13H,4-5,8-10H2,1H3. The molecular weight excluding hydrogens is 1000 g/mol. The van der Waals surface area contributed by atoms with Crippen molar-refractivity contribution in [3.05, 3.63) is 172 Å². The molecule has 10 rings (SSSR count). The van der Waals surface area contributed by atoms with Gasteiger partial charge in [-0.1, -0.05) is 71.2 Å². The average Bonchev–Trinajstić information content (AvgIpc) is 3.43. The number of aryl methyl sites for hydroxylation is 2. The Bertz CT molecular complexity index is 3170. The first-order valence-electron chi connectivity index (χ1n) is 25.4. The maximum absolute atomic E-state index is 13.3. The van der Waals surface area contributed by atoms with Gasteiger partial charge >= 0.3 is 0 Å². The number of aromatic nitrogens is 6. The summed E-state index contributed by atoms with van der Waals surface area (Å²) in [5.41, 5.74) is 17.4. The van der Waals surface area contributed by atoms with Crippen molar-refractivity contribution in [2.45, 2.75) is 51.4 Å². The van der Waals surface area contributed by atoms with Crippen LogP contribution in [0.3, 0.4) is 0 Å². The van der Waals surface area contributed by atoms with E-state index in [0.29, 0.717) is 70.2 Å². The summed E-state index contributed by atoms with van der Waals surface area (Å²) in [5, 5.41) is 8.17. The number of nitrogens with zero attached hydrogens (tertiary/aromatic N) is 9. The molecule has 8 heterocycles. The molecule has 2 aliphatic rings. The summed E-state index contributed by atoms with van der Waals surface area (Å²) < 4.78 is 0. The van der Waals surface area contributed by atoms with Gasteiger partial charge in [-0.25, -0.2) is 19.9 Å². The topological polar surface area (TPSA) is 185 Å². The first kappa shape index (κ1) is 54.3. The Kier molecular flexibility index (Phi) is 19.2. The minimum absolute atomic E-state index is 0.0405. The highest BCUT2D eigenvalue weighted by Crippen LogP contribution is 2.29. The smallest absolute Gasteiger partial charge is 0.166 e. The first-order chi connectivity index (χ1) is 36.4. The number of halogens is 3. The molecule has 0 spiro atoms. The summed E-state index contributed by atoms with van der Waals surface area (Å²) in [6.45, 7) is 6.38. The van der Waals surface area contributed by atoms with Gasteiger partial charge in [0.15, 0.2) is 11.6 Å². The number of anilines is 5. The molecule has 0 saturated carbocycles. The molecule has 0 atom stereocenters. The van der Waals surface area contributed by atoms with Gasteiger partial charge < -0.3 is 31.5 Å². The predicted molar refractivity (Wildman–Crippen MR) is 307 cm³/mol. The Morgan fingerprint density at radius 2 is 1.07 bits per heavy atom. The average molecular weight is 1070 g/mol. The minimum Gasteiger partial charge on any atom is -0.383 e. The van der Waals surface area contributed by atoms with Crippen LogP contribution in [0.5, 0.6) is 0 Å². The number of fused-ring (bicyclic) bond motifs is 2. The van der Waals surface area contributed by atoms with Gasteiger partial charge in [-0.15, -0.1) is 0 Å². The van der Waals surface area contributed by atoms with E-state index in [0.717, 1.165) is 77.6 Å². The molecule has 17 heteroatoms. The van der Waals surface area contributed by atoms with Crippen LogP contribution in [0, 0.1) is 11.8 Å². The molecule has 6 aromatic heterocycles. The summed E-state index contributed by atoms with van der Waals surface area (Å²) in [4.78, 5) is 57.4. The Hall–Kier alpha value is -6.97. The summed E-state index contributed by atoms with van der Waals surface area (Å²) in [6.07, 6.45) is 20.5. The molecule has 0 amide bonds. The van der Waals surface area contributed by atoms with E-state index in [1.165, 1.54) is 43.5 Å².